The highest BCUT2D eigenvalue weighted by molar-refractivity contribution is 9.10. The molecule has 0 aliphatic rings. The summed E-state index contributed by atoms with van der Waals surface area (Å²) < 4.78 is 1.05. The molecule has 4 nitrogen and oxygen atoms in total. The highest BCUT2D eigenvalue weighted by atomic mass is 79.9. The fourth-order valence-corrected chi connectivity index (χ4v) is 1.93. The number of aromatic amines is 1. The lowest BCUT2D eigenvalue weighted by atomic mass is 10.3. The first-order valence-corrected chi connectivity index (χ1v) is 6.04. The van der Waals surface area contributed by atoms with Crippen LogP contribution in [0.1, 0.15) is 5.82 Å². The molecule has 0 aliphatic carbocycles. The van der Waals surface area contributed by atoms with E-state index in [1.807, 2.05) is 18.2 Å². The molecular weight excluding hydrogens is 270 g/mol. The van der Waals surface area contributed by atoms with Gasteiger partial charge >= 0.3 is 0 Å². The first-order valence-electron chi connectivity index (χ1n) is 5.25. The molecule has 0 aliphatic heterocycles. The number of benzene rings is 1. The summed E-state index contributed by atoms with van der Waals surface area (Å²) in [6.07, 6.45) is 0.840. The number of halogens is 1. The van der Waals surface area contributed by atoms with Crippen LogP contribution in [-0.2, 0) is 6.42 Å². The van der Waals surface area contributed by atoms with E-state index in [-0.39, 0.29) is 6.61 Å². The molecule has 0 saturated heterocycles. The number of fused-ring (bicyclic) bond motifs is 1. The number of hydrogen-bond acceptors (Lipinski definition) is 3. The summed E-state index contributed by atoms with van der Waals surface area (Å²) in [6, 6.07) is 5.99. The normalized spacial score (nSPS) is 11.1. The third kappa shape index (κ3) is 2.81. The van der Waals surface area contributed by atoms with Gasteiger partial charge < -0.3 is 15.4 Å². The minimum absolute atomic E-state index is 0.174. The Morgan fingerprint density at radius 1 is 1.38 bits per heavy atom. The van der Waals surface area contributed by atoms with E-state index in [2.05, 4.69) is 31.2 Å². The van der Waals surface area contributed by atoms with Gasteiger partial charge in [-0.15, -0.1) is 0 Å². The molecule has 0 amide bonds. The summed E-state index contributed by atoms with van der Waals surface area (Å²) in [4.78, 5) is 7.74. The van der Waals surface area contributed by atoms with Crippen molar-refractivity contribution in [3.05, 3.63) is 28.5 Å². The monoisotopic (exact) mass is 283 g/mol. The number of H-pyrrole nitrogens is 1. The highest BCUT2D eigenvalue weighted by Crippen LogP contribution is 2.17. The number of aromatic nitrogens is 2. The first-order chi connectivity index (χ1) is 7.79. The zero-order chi connectivity index (χ0) is 11.4. The number of hydrogen-bond donors (Lipinski definition) is 3. The standard InChI is InChI=1S/C11H14BrN3O/c12-8-1-2-9-10(7-8)15-11(14-9)3-4-13-5-6-16/h1-2,7,13,16H,3-6H2,(H,14,15). The van der Waals surface area contributed by atoms with Crippen LogP contribution in [0.5, 0.6) is 0 Å². The van der Waals surface area contributed by atoms with Gasteiger partial charge in [-0.25, -0.2) is 4.98 Å². The lowest BCUT2D eigenvalue weighted by molar-refractivity contribution is 0.292. The van der Waals surface area contributed by atoms with Gasteiger partial charge in [0, 0.05) is 24.0 Å². The zero-order valence-electron chi connectivity index (χ0n) is 8.83. The molecule has 1 aromatic heterocycles. The Morgan fingerprint density at radius 3 is 3.06 bits per heavy atom. The molecule has 0 spiro atoms. The molecule has 2 aromatic rings. The number of aliphatic hydroxyl groups is 1. The molecule has 3 N–H and O–H groups in total. The van der Waals surface area contributed by atoms with Crippen molar-refractivity contribution in [1.82, 2.24) is 15.3 Å². The van der Waals surface area contributed by atoms with Crippen LogP contribution >= 0.6 is 15.9 Å². The Labute approximate surface area is 102 Å². The summed E-state index contributed by atoms with van der Waals surface area (Å²) in [5.41, 5.74) is 2.03. The summed E-state index contributed by atoms with van der Waals surface area (Å²) in [7, 11) is 0. The topological polar surface area (TPSA) is 60.9 Å². The molecule has 0 fully saturated rings. The molecule has 0 atom stereocenters. The van der Waals surface area contributed by atoms with Crippen LogP contribution in [0.4, 0.5) is 0 Å². The maximum absolute atomic E-state index is 8.62. The third-order valence-corrected chi connectivity index (χ3v) is 2.81. The van der Waals surface area contributed by atoms with Crippen molar-refractivity contribution in [2.45, 2.75) is 6.42 Å². The van der Waals surface area contributed by atoms with E-state index >= 15 is 0 Å². The number of nitrogens with zero attached hydrogens (tertiary/aromatic N) is 1. The molecular formula is C11H14BrN3O. The van der Waals surface area contributed by atoms with Gasteiger partial charge in [0.1, 0.15) is 5.82 Å². The van der Waals surface area contributed by atoms with E-state index < -0.39 is 0 Å². The summed E-state index contributed by atoms with van der Waals surface area (Å²) in [5, 5.41) is 11.7. The summed E-state index contributed by atoms with van der Waals surface area (Å²) in [5.74, 6) is 0.971. The third-order valence-electron chi connectivity index (χ3n) is 2.32. The van der Waals surface area contributed by atoms with Gasteiger partial charge in [-0.1, -0.05) is 15.9 Å². The largest absolute Gasteiger partial charge is 0.395 e. The van der Waals surface area contributed by atoms with Gasteiger partial charge in [0.05, 0.1) is 17.6 Å². The van der Waals surface area contributed by atoms with Crippen LogP contribution in [0.15, 0.2) is 22.7 Å². The summed E-state index contributed by atoms with van der Waals surface area (Å²) >= 11 is 3.43. The highest BCUT2D eigenvalue weighted by Gasteiger charge is 2.02. The predicted octanol–water partition coefficient (Wildman–Crippen LogP) is 1.45. The first kappa shape index (κ1) is 11.6. The Kier molecular flexibility index (Phi) is 3.93. The number of imidazole rings is 1. The molecule has 1 aromatic carbocycles. The second-order valence-electron chi connectivity index (χ2n) is 3.57. The SMILES string of the molecule is OCCNCCc1nc2ccc(Br)cc2[nH]1. The van der Waals surface area contributed by atoms with Gasteiger partial charge in [-0.3, -0.25) is 0 Å². The van der Waals surface area contributed by atoms with E-state index in [4.69, 9.17) is 5.11 Å². The van der Waals surface area contributed by atoms with E-state index in [0.717, 1.165) is 34.3 Å². The number of nitrogens with one attached hydrogen (secondary N) is 2. The lowest BCUT2D eigenvalue weighted by Crippen LogP contribution is -2.21. The van der Waals surface area contributed by atoms with Crippen LogP contribution in [0, 0.1) is 0 Å². The minimum Gasteiger partial charge on any atom is -0.395 e. The Bertz CT molecular complexity index is 469. The molecule has 86 valence electrons. The average molecular weight is 284 g/mol. The van der Waals surface area contributed by atoms with Crippen molar-refractivity contribution in [3.8, 4) is 0 Å². The predicted molar refractivity (Wildman–Crippen MR) is 67.5 cm³/mol. The van der Waals surface area contributed by atoms with Crippen LogP contribution in [0.3, 0.4) is 0 Å². The van der Waals surface area contributed by atoms with Gasteiger partial charge in [-0.2, -0.15) is 0 Å². The molecule has 2 rings (SSSR count). The average Bonchev–Trinajstić information content (AvgIpc) is 2.66. The Morgan fingerprint density at radius 2 is 2.25 bits per heavy atom. The van der Waals surface area contributed by atoms with Crippen molar-refractivity contribution in [1.29, 1.82) is 0 Å². The van der Waals surface area contributed by atoms with Gasteiger partial charge in [-0.05, 0) is 18.2 Å². The van der Waals surface area contributed by atoms with Gasteiger partial charge in [0.15, 0.2) is 0 Å². The fraction of sp³-hybridized carbons (Fsp3) is 0.364. The van der Waals surface area contributed by atoms with E-state index in [1.54, 1.807) is 0 Å². The molecule has 0 bridgehead atoms. The zero-order valence-corrected chi connectivity index (χ0v) is 10.4. The van der Waals surface area contributed by atoms with Crippen LogP contribution in [-0.4, -0.2) is 34.8 Å². The van der Waals surface area contributed by atoms with Crippen LogP contribution in [0.25, 0.3) is 11.0 Å². The van der Waals surface area contributed by atoms with Crippen molar-refractivity contribution in [3.63, 3.8) is 0 Å². The Balaban J connectivity index is 2.02. The van der Waals surface area contributed by atoms with Crippen LogP contribution < -0.4 is 5.32 Å². The molecule has 5 heteroatoms. The second kappa shape index (κ2) is 5.43. The lowest BCUT2D eigenvalue weighted by Gasteiger charge is -1.98. The van der Waals surface area contributed by atoms with Gasteiger partial charge in [0.2, 0.25) is 0 Å². The summed E-state index contributed by atoms with van der Waals surface area (Å²) in [6.45, 7) is 1.63. The van der Waals surface area contributed by atoms with Crippen molar-refractivity contribution in [2.75, 3.05) is 19.7 Å². The number of aliphatic hydroxyl groups excluding tert-OH is 1. The quantitative estimate of drug-likeness (QED) is 0.728. The van der Waals surface area contributed by atoms with E-state index in [0.29, 0.717) is 6.54 Å². The smallest absolute Gasteiger partial charge is 0.108 e. The van der Waals surface area contributed by atoms with E-state index in [9.17, 15) is 0 Å². The second-order valence-corrected chi connectivity index (χ2v) is 4.48. The molecule has 0 saturated carbocycles. The molecule has 16 heavy (non-hydrogen) atoms. The van der Waals surface area contributed by atoms with Crippen molar-refractivity contribution >= 4 is 27.0 Å². The molecule has 0 unspecified atom stereocenters. The van der Waals surface area contributed by atoms with Crippen molar-refractivity contribution in [2.24, 2.45) is 0 Å². The number of rotatable bonds is 5. The van der Waals surface area contributed by atoms with Crippen molar-refractivity contribution < 1.29 is 5.11 Å². The minimum atomic E-state index is 0.174. The van der Waals surface area contributed by atoms with E-state index in [1.165, 1.54) is 0 Å². The maximum atomic E-state index is 8.62. The maximum Gasteiger partial charge on any atom is 0.108 e. The van der Waals surface area contributed by atoms with Gasteiger partial charge in [0.25, 0.3) is 0 Å². The fourth-order valence-electron chi connectivity index (χ4n) is 1.56. The Hall–Kier alpha value is -0.910. The molecule has 1 heterocycles. The van der Waals surface area contributed by atoms with Crippen LogP contribution in [0.2, 0.25) is 0 Å². The molecule has 0 radical (unpaired) electrons.